The van der Waals surface area contributed by atoms with Crippen molar-refractivity contribution in [2.75, 3.05) is 52.0 Å². The molecule has 0 aliphatic carbocycles. The zero-order valence-corrected chi connectivity index (χ0v) is 19.6. The Morgan fingerprint density at radius 2 is 1.85 bits per heavy atom. The molecule has 11 heteroatoms. The number of methoxy groups -OCH3 is 2. The summed E-state index contributed by atoms with van der Waals surface area (Å²) in [6.45, 7) is 4.00. The molecular formula is C23H30N6O5. The van der Waals surface area contributed by atoms with Gasteiger partial charge in [0, 0.05) is 63.4 Å². The number of anilines is 1. The van der Waals surface area contributed by atoms with Crippen LogP contribution in [0.1, 0.15) is 30.5 Å². The van der Waals surface area contributed by atoms with Crippen molar-refractivity contribution in [1.29, 1.82) is 0 Å². The smallest absolute Gasteiger partial charge is 0.319 e. The summed E-state index contributed by atoms with van der Waals surface area (Å²) in [6, 6.07) is 0.644. The Kier molecular flexibility index (Phi) is 6.61. The molecule has 0 N–H and O–H groups in total. The van der Waals surface area contributed by atoms with Crippen LogP contribution >= 0.6 is 0 Å². The van der Waals surface area contributed by atoms with Gasteiger partial charge in [-0.05, 0) is 12.8 Å². The summed E-state index contributed by atoms with van der Waals surface area (Å²) in [6.07, 6.45) is 6.59. The average Bonchev–Trinajstić information content (AvgIpc) is 3.36. The largest absolute Gasteiger partial charge is 0.479 e. The van der Waals surface area contributed by atoms with E-state index in [0.717, 1.165) is 49.2 Å². The second kappa shape index (κ2) is 9.96. The van der Waals surface area contributed by atoms with Crippen LogP contribution in [0.2, 0.25) is 0 Å². The number of fused-ring (bicyclic) bond motifs is 1. The van der Waals surface area contributed by atoms with E-state index in [-0.39, 0.29) is 23.9 Å². The van der Waals surface area contributed by atoms with Crippen molar-refractivity contribution in [2.45, 2.75) is 38.3 Å². The lowest BCUT2D eigenvalue weighted by Crippen LogP contribution is -2.38. The second-order valence-corrected chi connectivity index (χ2v) is 8.75. The molecular weight excluding hydrogens is 440 g/mol. The van der Waals surface area contributed by atoms with E-state index in [1.165, 1.54) is 7.11 Å². The van der Waals surface area contributed by atoms with Crippen LogP contribution in [0.25, 0.3) is 0 Å². The molecule has 3 aliphatic rings. The number of rotatable bonds is 6. The Balaban J connectivity index is 1.20. The van der Waals surface area contributed by atoms with Gasteiger partial charge in [-0.2, -0.15) is 9.97 Å². The Hall–Kier alpha value is -3.21. The van der Waals surface area contributed by atoms with Crippen LogP contribution in [0.4, 0.5) is 5.69 Å². The molecule has 2 fully saturated rings. The molecule has 0 saturated carbocycles. The minimum absolute atomic E-state index is 0.0742. The van der Waals surface area contributed by atoms with Gasteiger partial charge in [0.2, 0.25) is 11.8 Å². The van der Waals surface area contributed by atoms with Gasteiger partial charge < -0.3 is 28.7 Å². The molecule has 3 aliphatic heterocycles. The highest BCUT2D eigenvalue weighted by atomic mass is 16.5. The topological polar surface area (TPSA) is 112 Å². The van der Waals surface area contributed by atoms with Gasteiger partial charge in [0.15, 0.2) is 0 Å². The monoisotopic (exact) mass is 470 g/mol. The summed E-state index contributed by atoms with van der Waals surface area (Å²) >= 11 is 0. The van der Waals surface area contributed by atoms with E-state index in [1.54, 1.807) is 13.3 Å². The predicted octanol–water partition coefficient (Wildman–Crippen LogP) is 1.25. The summed E-state index contributed by atoms with van der Waals surface area (Å²) in [7, 11) is 3.10. The van der Waals surface area contributed by atoms with Crippen molar-refractivity contribution in [3.63, 3.8) is 0 Å². The Morgan fingerprint density at radius 3 is 2.65 bits per heavy atom. The van der Waals surface area contributed by atoms with Gasteiger partial charge in [0.25, 0.3) is 0 Å². The van der Waals surface area contributed by atoms with Crippen LogP contribution in [-0.4, -0.2) is 83.9 Å². The van der Waals surface area contributed by atoms with Crippen molar-refractivity contribution in [1.82, 2.24) is 24.8 Å². The highest BCUT2D eigenvalue weighted by Crippen LogP contribution is 2.31. The van der Waals surface area contributed by atoms with E-state index in [2.05, 4.69) is 24.8 Å². The second-order valence-electron chi connectivity index (χ2n) is 8.75. The van der Waals surface area contributed by atoms with Gasteiger partial charge >= 0.3 is 12.0 Å². The fourth-order valence-electron chi connectivity index (χ4n) is 4.75. The molecule has 5 rings (SSSR count). The normalized spacial score (nSPS) is 20.7. The van der Waals surface area contributed by atoms with Crippen LogP contribution in [-0.2, 0) is 22.5 Å². The van der Waals surface area contributed by atoms with E-state index in [9.17, 15) is 4.79 Å². The molecule has 2 aromatic heterocycles. The molecule has 0 bridgehead atoms. The number of carbonyl (C=O) groups is 1. The molecule has 5 heterocycles. The van der Waals surface area contributed by atoms with Crippen LogP contribution in [0.5, 0.6) is 17.9 Å². The minimum atomic E-state index is -0.0809. The number of carbonyl (C=O) groups excluding carboxylic acids is 1. The SMILES string of the molecule is COc1ncc(N2CCc3nc(O[C@H]4CCN(C(=O)C5CCOCC5)C4)ncc3C2)c(OC)n1. The maximum absolute atomic E-state index is 12.8. The van der Waals surface area contributed by atoms with Crippen LogP contribution < -0.4 is 19.1 Å². The van der Waals surface area contributed by atoms with E-state index in [1.807, 2.05) is 11.1 Å². The first-order valence-electron chi connectivity index (χ1n) is 11.7. The van der Waals surface area contributed by atoms with E-state index in [4.69, 9.17) is 18.9 Å². The number of hydrogen-bond donors (Lipinski definition) is 0. The molecule has 11 nitrogen and oxygen atoms in total. The molecule has 2 saturated heterocycles. The maximum atomic E-state index is 12.8. The zero-order valence-electron chi connectivity index (χ0n) is 19.6. The summed E-state index contributed by atoms with van der Waals surface area (Å²) in [5, 5.41) is 0. The average molecular weight is 471 g/mol. The summed E-state index contributed by atoms with van der Waals surface area (Å²) < 4.78 is 22.0. The van der Waals surface area contributed by atoms with Crippen molar-refractivity contribution in [2.24, 2.45) is 5.92 Å². The number of ether oxygens (including phenoxy) is 4. The van der Waals surface area contributed by atoms with E-state index >= 15 is 0 Å². The van der Waals surface area contributed by atoms with Crippen LogP contribution in [0, 0.1) is 5.92 Å². The quantitative estimate of drug-likeness (QED) is 0.611. The molecule has 182 valence electrons. The number of nitrogens with zero attached hydrogens (tertiary/aromatic N) is 6. The third kappa shape index (κ3) is 4.70. The highest BCUT2D eigenvalue weighted by molar-refractivity contribution is 5.79. The van der Waals surface area contributed by atoms with Gasteiger partial charge in [-0.15, -0.1) is 0 Å². The third-order valence-electron chi connectivity index (χ3n) is 6.64. The lowest BCUT2D eigenvalue weighted by molar-refractivity contribution is -0.137. The Labute approximate surface area is 198 Å². The van der Waals surface area contributed by atoms with Crippen molar-refractivity contribution >= 4 is 11.6 Å². The number of likely N-dealkylation sites (tertiary alicyclic amines) is 1. The van der Waals surface area contributed by atoms with E-state index < -0.39 is 0 Å². The van der Waals surface area contributed by atoms with Gasteiger partial charge in [0.05, 0.1) is 32.7 Å². The predicted molar refractivity (Wildman–Crippen MR) is 121 cm³/mol. The van der Waals surface area contributed by atoms with Crippen LogP contribution in [0.15, 0.2) is 12.4 Å². The lowest BCUT2D eigenvalue weighted by Gasteiger charge is -2.30. The van der Waals surface area contributed by atoms with Gasteiger partial charge in [-0.3, -0.25) is 4.79 Å². The molecule has 0 radical (unpaired) electrons. The van der Waals surface area contributed by atoms with Crippen molar-refractivity contribution in [3.05, 3.63) is 23.7 Å². The van der Waals surface area contributed by atoms with Crippen LogP contribution in [0.3, 0.4) is 0 Å². The van der Waals surface area contributed by atoms with Crippen molar-refractivity contribution in [3.8, 4) is 17.9 Å². The van der Waals surface area contributed by atoms with E-state index in [0.29, 0.717) is 44.7 Å². The minimum Gasteiger partial charge on any atom is -0.479 e. The number of hydrogen-bond acceptors (Lipinski definition) is 10. The standard InChI is InChI=1S/C23H30N6O5/c1-31-20-19(12-25-22(27-20)32-2)28-8-4-18-16(13-28)11-24-23(26-18)34-17-3-7-29(14-17)21(30)15-5-9-33-10-6-15/h11-12,15,17H,3-10,13-14H2,1-2H3/t17-/m0/s1. The zero-order chi connectivity index (χ0) is 23.5. The molecule has 1 amide bonds. The molecule has 0 aromatic carbocycles. The first-order valence-corrected chi connectivity index (χ1v) is 11.7. The first-order chi connectivity index (χ1) is 16.6. The molecule has 0 spiro atoms. The summed E-state index contributed by atoms with van der Waals surface area (Å²) in [4.78, 5) is 34.4. The number of amides is 1. The fourth-order valence-corrected chi connectivity index (χ4v) is 4.75. The fraction of sp³-hybridized carbons (Fsp3) is 0.609. The number of aromatic nitrogens is 4. The molecule has 2 aromatic rings. The van der Waals surface area contributed by atoms with Crippen molar-refractivity contribution < 1.29 is 23.7 Å². The summed E-state index contributed by atoms with van der Waals surface area (Å²) in [5.41, 5.74) is 2.80. The molecule has 0 unspecified atom stereocenters. The first kappa shape index (κ1) is 22.6. The Morgan fingerprint density at radius 1 is 1.03 bits per heavy atom. The van der Waals surface area contributed by atoms with Gasteiger partial charge in [-0.1, -0.05) is 0 Å². The maximum Gasteiger partial charge on any atom is 0.319 e. The third-order valence-corrected chi connectivity index (χ3v) is 6.64. The van der Waals surface area contributed by atoms with Gasteiger partial charge in [-0.25, -0.2) is 9.97 Å². The Bertz CT molecular complexity index is 1030. The summed E-state index contributed by atoms with van der Waals surface area (Å²) in [5.74, 6) is 0.765. The molecule has 1 atom stereocenters. The molecule has 34 heavy (non-hydrogen) atoms. The highest BCUT2D eigenvalue weighted by Gasteiger charge is 2.33. The van der Waals surface area contributed by atoms with Gasteiger partial charge in [0.1, 0.15) is 11.8 Å². The lowest BCUT2D eigenvalue weighted by atomic mass is 9.99.